The van der Waals surface area contributed by atoms with Gasteiger partial charge in [0.25, 0.3) is 0 Å². The molecular weight excluding hydrogens is 334 g/mol. The molecule has 2 aromatic carbocycles. The Morgan fingerprint density at radius 2 is 2.04 bits per heavy atom. The zero-order chi connectivity index (χ0) is 16.9. The summed E-state index contributed by atoms with van der Waals surface area (Å²) in [6.07, 6.45) is 0. The fraction of sp³-hybridized carbons (Fsp3) is 0.214. The van der Waals surface area contributed by atoms with Crippen LogP contribution in [-0.2, 0) is 13.9 Å². The van der Waals surface area contributed by atoms with Gasteiger partial charge in [-0.2, -0.15) is 8.78 Å². The van der Waals surface area contributed by atoms with Crippen molar-refractivity contribution in [2.45, 2.75) is 5.25 Å². The maximum Gasteiger partial charge on any atom is 0.412 e. The number of alkyl halides is 2. The molecular formula is C14H11F2O6S-. The lowest BCUT2D eigenvalue weighted by molar-refractivity contribution is -0.630. The standard InChI is InChI=1S/C14H12F2O6S/c15-14(16,23-22-19)13(18)21-7-6-20-10-4-5-11-9(8-10)2-1-3-12(11)17/h1-5,8,17,19H,6-7H2/p-1. The van der Waals surface area contributed by atoms with E-state index in [0.717, 1.165) is 5.39 Å². The van der Waals surface area contributed by atoms with Crippen LogP contribution < -0.4 is 9.99 Å². The van der Waals surface area contributed by atoms with Crippen LogP contribution in [0.5, 0.6) is 11.5 Å². The topological polar surface area (TPSA) is 88.1 Å². The van der Waals surface area contributed by atoms with Gasteiger partial charge in [-0.1, -0.05) is 12.1 Å². The van der Waals surface area contributed by atoms with Gasteiger partial charge in [-0.05, 0) is 29.7 Å². The number of aromatic hydroxyl groups is 1. The Hall–Kier alpha value is -2.10. The van der Waals surface area contributed by atoms with Gasteiger partial charge < -0.3 is 24.2 Å². The van der Waals surface area contributed by atoms with Gasteiger partial charge in [0.05, 0.1) is 12.0 Å². The average molecular weight is 345 g/mol. The van der Waals surface area contributed by atoms with E-state index >= 15 is 0 Å². The highest BCUT2D eigenvalue weighted by Crippen LogP contribution is 2.30. The number of carbonyl (C=O) groups excluding carboxylic acids is 1. The third-order valence-corrected chi connectivity index (χ3v) is 3.23. The molecule has 0 amide bonds. The largest absolute Gasteiger partial charge is 0.710 e. The molecule has 0 aliphatic heterocycles. The van der Waals surface area contributed by atoms with Crippen LogP contribution in [0.1, 0.15) is 0 Å². The van der Waals surface area contributed by atoms with Crippen molar-refractivity contribution in [3.8, 4) is 11.5 Å². The van der Waals surface area contributed by atoms with Crippen molar-refractivity contribution in [3.05, 3.63) is 36.4 Å². The Labute approximate surface area is 133 Å². The van der Waals surface area contributed by atoms with Gasteiger partial charge in [-0.15, -0.1) is 0 Å². The van der Waals surface area contributed by atoms with E-state index in [2.05, 4.69) is 9.07 Å². The number of hydrogen-bond donors (Lipinski definition) is 1. The monoisotopic (exact) mass is 345 g/mol. The summed E-state index contributed by atoms with van der Waals surface area (Å²) in [7, 11) is 0. The summed E-state index contributed by atoms with van der Waals surface area (Å²) < 4.78 is 38.2. The molecule has 0 fully saturated rings. The highest BCUT2D eigenvalue weighted by molar-refractivity contribution is 7.96. The lowest BCUT2D eigenvalue weighted by atomic mass is 10.1. The highest BCUT2D eigenvalue weighted by Gasteiger charge is 2.42. The summed E-state index contributed by atoms with van der Waals surface area (Å²) in [6, 6.07) is 9.85. The van der Waals surface area contributed by atoms with Crippen molar-refractivity contribution in [2.75, 3.05) is 13.2 Å². The Morgan fingerprint density at radius 1 is 1.26 bits per heavy atom. The van der Waals surface area contributed by atoms with E-state index in [4.69, 9.17) is 4.74 Å². The lowest BCUT2D eigenvalue weighted by Crippen LogP contribution is -2.29. The molecule has 124 valence electrons. The first-order valence-electron chi connectivity index (χ1n) is 6.31. The molecule has 2 aromatic rings. The Morgan fingerprint density at radius 3 is 2.78 bits per heavy atom. The zero-order valence-electron chi connectivity index (χ0n) is 11.5. The third kappa shape index (κ3) is 4.44. The van der Waals surface area contributed by atoms with Crippen molar-refractivity contribution in [1.82, 2.24) is 0 Å². The van der Waals surface area contributed by atoms with Gasteiger partial charge in [0.1, 0.15) is 24.7 Å². The first-order chi connectivity index (χ1) is 10.9. The molecule has 0 radical (unpaired) electrons. The maximum absolute atomic E-state index is 12.9. The predicted molar refractivity (Wildman–Crippen MR) is 75.7 cm³/mol. The molecule has 0 aliphatic rings. The summed E-state index contributed by atoms with van der Waals surface area (Å²) >= 11 is -0.829. The molecule has 0 aliphatic carbocycles. The normalized spacial score (nSPS) is 11.4. The van der Waals surface area contributed by atoms with E-state index in [9.17, 15) is 23.9 Å². The summed E-state index contributed by atoms with van der Waals surface area (Å²) in [5.41, 5.74) is 0. The van der Waals surface area contributed by atoms with Gasteiger partial charge in [0.2, 0.25) is 0 Å². The quantitative estimate of drug-likeness (QED) is 0.270. The van der Waals surface area contributed by atoms with Crippen LogP contribution >= 0.6 is 12.0 Å². The van der Waals surface area contributed by atoms with E-state index in [-0.39, 0.29) is 12.4 Å². The van der Waals surface area contributed by atoms with Crippen LogP contribution in [-0.4, -0.2) is 29.5 Å². The van der Waals surface area contributed by atoms with E-state index < -0.39 is 29.9 Å². The molecule has 1 N–H and O–H groups in total. The summed E-state index contributed by atoms with van der Waals surface area (Å²) in [5, 5.41) is 16.6. The Balaban J connectivity index is 1.86. The van der Waals surface area contributed by atoms with Crippen LogP contribution in [0, 0.1) is 0 Å². The molecule has 0 saturated heterocycles. The Bertz CT molecular complexity index is 694. The van der Waals surface area contributed by atoms with Crippen molar-refractivity contribution in [3.63, 3.8) is 0 Å². The van der Waals surface area contributed by atoms with Crippen molar-refractivity contribution < 1.29 is 37.7 Å². The number of benzene rings is 2. The van der Waals surface area contributed by atoms with Gasteiger partial charge in [-0.25, -0.2) is 4.79 Å². The van der Waals surface area contributed by atoms with Crippen LogP contribution in [0.25, 0.3) is 10.8 Å². The minimum Gasteiger partial charge on any atom is -0.710 e. The number of phenolic OH excluding ortho intramolecular Hbond substituents is 1. The number of esters is 1. The van der Waals surface area contributed by atoms with Gasteiger partial charge >= 0.3 is 11.2 Å². The summed E-state index contributed by atoms with van der Waals surface area (Å²) in [6.45, 7) is -0.582. The first-order valence-corrected chi connectivity index (χ1v) is 7.05. The lowest BCUT2D eigenvalue weighted by Gasteiger charge is -2.15. The molecule has 9 heteroatoms. The summed E-state index contributed by atoms with van der Waals surface area (Å²) in [5.74, 6) is -1.34. The molecule has 0 unspecified atom stereocenters. The number of ether oxygens (including phenoxy) is 2. The van der Waals surface area contributed by atoms with Crippen LogP contribution in [0.3, 0.4) is 0 Å². The second-order valence-corrected chi connectivity index (χ2v) is 5.13. The van der Waals surface area contributed by atoms with Gasteiger partial charge in [0, 0.05) is 5.39 Å². The number of fused-ring (bicyclic) bond motifs is 1. The second-order valence-electron chi connectivity index (χ2n) is 4.31. The fourth-order valence-electron chi connectivity index (χ4n) is 1.79. The number of rotatable bonds is 7. The highest BCUT2D eigenvalue weighted by atomic mass is 32.2. The first kappa shape index (κ1) is 17.3. The molecule has 0 bridgehead atoms. The molecule has 0 spiro atoms. The maximum atomic E-state index is 12.9. The molecule has 2 rings (SSSR count). The van der Waals surface area contributed by atoms with E-state index in [1.807, 2.05) is 0 Å². The van der Waals surface area contributed by atoms with Gasteiger partial charge in [-0.3, -0.25) is 0 Å². The number of phenols is 1. The van der Waals surface area contributed by atoms with Gasteiger partial charge in [0.15, 0.2) is 0 Å². The minimum absolute atomic E-state index is 0.128. The molecule has 0 atom stereocenters. The smallest absolute Gasteiger partial charge is 0.412 e. The number of halogens is 2. The molecule has 6 nitrogen and oxygen atoms in total. The molecule has 23 heavy (non-hydrogen) atoms. The minimum atomic E-state index is -4.07. The number of hydrogen-bond acceptors (Lipinski definition) is 7. The average Bonchev–Trinajstić information content (AvgIpc) is 2.51. The second kappa shape index (κ2) is 7.44. The Kier molecular flexibility index (Phi) is 5.59. The van der Waals surface area contributed by atoms with E-state index in [0.29, 0.717) is 11.1 Å². The van der Waals surface area contributed by atoms with Crippen LogP contribution in [0.2, 0.25) is 0 Å². The van der Waals surface area contributed by atoms with E-state index in [1.165, 1.54) is 0 Å². The SMILES string of the molecule is O=C(OCCOc1ccc2c(O)cccc2c1)C(F)(F)SO[O-]. The zero-order valence-corrected chi connectivity index (χ0v) is 12.3. The van der Waals surface area contributed by atoms with Crippen LogP contribution in [0.4, 0.5) is 8.78 Å². The van der Waals surface area contributed by atoms with Crippen molar-refractivity contribution in [2.24, 2.45) is 0 Å². The van der Waals surface area contributed by atoms with Crippen LogP contribution in [0.15, 0.2) is 36.4 Å². The van der Waals surface area contributed by atoms with Crippen molar-refractivity contribution in [1.29, 1.82) is 0 Å². The predicted octanol–water partition coefficient (Wildman–Crippen LogP) is 2.00. The van der Waals surface area contributed by atoms with E-state index in [1.54, 1.807) is 36.4 Å². The molecule has 0 aromatic heterocycles. The summed E-state index contributed by atoms with van der Waals surface area (Å²) in [4.78, 5) is 11.0. The molecule has 0 heterocycles. The van der Waals surface area contributed by atoms with Crippen molar-refractivity contribution >= 4 is 28.8 Å². The molecule has 0 saturated carbocycles. The third-order valence-electron chi connectivity index (χ3n) is 2.79. The fourth-order valence-corrected chi connectivity index (χ4v) is 2.00. The number of carbonyl (C=O) groups is 1.